The van der Waals surface area contributed by atoms with E-state index < -0.39 is 0 Å². The van der Waals surface area contributed by atoms with Gasteiger partial charge >= 0.3 is 0 Å². The zero-order chi connectivity index (χ0) is 19.3. The normalized spacial score (nSPS) is 11.2. The van der Waals surface area contributed by atoms with Crippen LogP contribution in [-0.4, -0.2) is 18.7 Å². The summed E-state index contributed by atoms with van der Waals surface area (Å²) < 4.78 is 5.56. The quantitative estimate of drug-likeness (QED) is 0.312. The molecule has 0 aliphatic heterocycles. The minimum atomic E-state index is -0.302. The number of hydrogen-bond donors (Lipinski definition) is 1. The molecule has 0 unspecified atom stereocenters. The first-order valence-electron chi connectivity index (χ1n) is 9.13. The number of nitrogens with zero attached hydrogens (tertiary/aromatic N) is 1. The van der Waals surface area contributed by atoms with Crippen LogP contribution in [0.5, 0.6) is 5.75 Å². The van der Waals surface area contributed by atoms with Gasteiger partial charge in [-0.15, -0.1) is 0 Å². The summed E-state index contributed by atoms with van der Waals surface area (Å²) in [6.45, 7) is 1.86. The molecule has 0 bridgehead atoms. The van der Waals surface area contributed by atoms with Gasteiger partial charge in [0.05, 0.1) is 6.21 Å². The third-order valence-corrected chi connectivity index (χ3v) is 4.65. The summed E-state index contributed by atoms with van der Waals surface area (Å²) in [5.41, 5.74) is 4.52. The fourth-order valence-corrected chi connectivity index (χ4v) is 3.25. The van der Waals surface area contributed by atoms with Gasteiger partial charge in [-0.3, -0.25) is 4.79 Å². The number of hydrogen-bond acceptors (Lipinski definition) is 3. The molecule has 0 heterocycles. The number of rotatable bonds is 5. The van der Waals surface area contributed by atoms with Crippen LogP contribution >= 0.6 is 0 Å². The summed E-state index contributed by atoms with van der Waals surface area (Å²) in [6.07, 6.45) is 1.70. The molecule has 0 spiro atoms. The second-order valence-corrected chi connectivity index (χ2v) is 6.58. The first-order chi connectivity index (χ1) is 13.7. The van der Waals surface area contributed by atoms with Crippen LogP contribution in [0, 0.1) is 6.92 Å². The zero-order valence-corrected chi connectivity index (χ0v) is 15.6. The molecule has 4 aromatic carbocycles. The molecule has 4 rings (SSSR count). The Morgan fingerprint density at radius 2 is 1.54 bits per heavy atom. The lowest BCUT2D eigenvalue weighted by Gasteiger charge is -2.09. The van der Waals surface area contributed by atoms with Crippen molar-refractivity contribution in [2.24, 2.45) is 5.10 Å². The van der Waals surface area contributed by atoms with Crippen LogP contribution in [-0.2, 0) is 4.79 Å². The maximum absolute atomic E-state index is 12.1. The highest BCUT2D eigenvalue weighted by Gasteiger charge is 2.06. The Morgan fingerprint density at radius 3 is 2.21 bits per heavy atom. The van der Waals surface area contributed by atoms with E-state index >= 15 is 0 Å². The van der Waals surface area contributed by atoms with Gasteiger partial charge < -0.3 is 4.74 Å². The second-order valence-electron chi connectivity index (χ2n) is 6.58. The van der Waals surface area contributed by atoms with Gasteiger partial charge in [0.1, 0.15) is 5.75 Å². The van der Waals surface area contributed by atoms with E-state index in [1.165, 1.54) is 0 Å². The minimum Gasteiger partial charge on any atom is -0.483 e. The van der Waals surface area contributed by atoms with Crippen molar-refractivity contribution >= 4 is 33.7 Å². The highest BCUT2D eigenvalue weighted by Crippen LogP contribution is 2.27. The Kier molecular flexibility index (Phi) is 5.02. The summed E-state index contributed by atoms with van der Waals surface area (Å²) >= 11 is 0. The van der Waals surface area contributed by atoms with Gasteiger partial charge in [-0.2, -0.15) is 5.10 Å². The molecule has 0 atom stereocenters. The first kappa shape index (κ1) is 17.7. The molecule has 1 amide bonds. The molecule has 0 aliphatic carbocycles. The van der Waals surface area contributed by atoms with Gasteiger partial charge in [-0.25, -0.2) is 5.43 Å². The number of hydrazone groups is 1. The topological polar surface area (TPSA) is 50.7 Å². The number of carbonyl (C=O) groups is 1. The average molecular weight is 368 g/mol. The Labute approximate surface area is 163 Å². The molecular formula is C24H20N2O2. The van der Waals surface area contributed by atoms with E-state index in [0.717, 1.165) is 32.7 Å². The number of amides is 1. The number of carbonyl (C=O) groups excluding carboxylic acids is 1. The number of aryl methyl sites for hydroxylation is 1. The predicted octanol–water partition coefficient (Wildman–Crippen LogP) is 4.83. The van der Waals surface area contributed by atoms with E-state index in [1.807, 2.05) is 55.5 Å². The van der Waals surface area contributed by atoms with Crippen LogP contribution in [0.4, 0.5) is 0 Å². The van der Waals surface area contributed by atoms with Gasteiger partial charge in [-0.1, -0.05) is 66.7 Å². The summed E-state index contributed by atoms with van der Waals surface area (Å²) in [5, 5.41) is 8.63. The Morgan fingerprint density at radius 1 is 0.929 bits per heavy atom. The van der Waals surface area contributed by atoms with E-state index in [0.29, 0.717) is 5.75 Å². The van der Waals surface area contributed by atoms with E-state index in [9.17, 15) is 4.79 Å². The van der Waals surface area contributed by atoms with Crippen LogP contribution < -0.4 is 10.2 Å². The standard InChI is InChI=1S/C24H20N2O2/c1-17-8-2-7-13-23(17)28-16-24(27)26-25-15-22-20-11-5-3-9-18(20)14-19-10-4-6-12-21(19)22/h2-15H,16H2,1H3,(H,26,27)/b25-15-. The molecule has 1 N–H and O–H groups in total. The molecule has 4 heteroatoms. The second kappa shape index (κ2) is 7.92. The van der Waals surface area contributed by atoms with E-state index in [4.69, 9.17) is 4.74 Å². The highest BCUT2D eigenvalue weighted by atomic mass is 16.5. The van der Waals surface area contributed by atoms with Gasteiger partial charge in [0.2, 0.25) is 0 Å². The smallest absolute Gasteiger partial charge is 0.277 e. The summed E-state index contributed by atoms with van der Waals surface area (Å²) in [7, 11) is 0. The monoisotopic (exact) mass is 368 g/mol. The Hall–Kier alpha value is -3.66. The number of para-hydroxylation sites is 1. The molecule has 0 aliphatic rings. The van der Waals surface area contributed by atoms with Crippen LogP contribution in [0.3, 0.4) is 0 Å². The van der Waals surface area contributed by atoms with E-state index in [2.05, 4.69) is 40.9 Å². The molecule has 0 aromatic heterocycles. The third-order valence-electron chi connectivity index (χ3n) is 4.65. The van der Waals surface area contributed by atoms with Crippen molar-refractivity contribution in [3.63, 3.8) is 0 Å². The van der Waals surface area contributed by atoms with Gasteiger partial charge in [0.15, 0.2) is 6.61 Å². The molecule has 0 fully saturated rings. The highest BCUT2D eigenvalue weighted by molar-refractivity contribution is 6.13. The van der Waals surface area contributed by atoms with Crippen molar-refractivity contribution < 1.29 is 9.53 Å². The van der Waals surface area contributed by atoms with E-state index in [-0.39, 0.29) is 12.5 Å². The lowest BCUT2D eigenvalue weighted by molar-refractivity contribution is -0.123. The molecule has 0 radical (unpaired) electrons. The predicted molar refractivity (Wildman–Crippen MR) is 114 cm³/mol. The van der Waals surface area contributed by atoms with Crippen molar-refractivity contribution in [2.75, 3.05) is 6.61 Å². The van der Waals surface area contributed by atoms with E-state index in [1.54, 1.807) is 6.21 Å². The lowest BCUT2D eigenvalue weighted by Crippen LogP contribution is -2.24. The van der Waals surface area contributed by atoms with Gasteiger partial charge in [0, 0.05) is 5.56 Å². The maximum atomic E-state index is 12.1. The zero-order valence-electron chi connectivity index (χ0n) is 15.6. The molecule has 138 valence electrons. The maximum Gasteiger partial charge on any atom is 0.277 e. The summed E-state index contributed by atoms with van der Waals surface area (Å²) in [6, 6.07) is 26.1. The molecule has 4 nitrogen and oxygen atoms in total. The first-order valence-corrected chi connectivity index (χ1v) is 9.13. The van der Waals surface area contributed by atoms with Crippen molar-refractivity contribution in [1.82, 2.24) is 5.43 Å². The molecule has 4 aromatic rings. The fraction of sp³-hybridized carbons (Fsp3) is 0.0833. The van der Waals surface area contributed by atoms with Crippen LogP contribution in [0.2, 0.25) is 0 Å². The summed E-state index contributed by atoms with van der Waals surface area (Å²) in [4.78, 5) is 12.1. The van der Waals surface area contributed by atoms with Crippen LogP contribution in [0.25, 0.3) is 21.5 Å². The average Bonchev–Trinajstić information content (AvgIpc) is 2.72. The van der Waals surface area contributed by atoms with Crippen LogP contribution in [0.15, 0.2) is 84.0 Å². The van der Waals surface area contributed by atoms with Gasteiger partial charge in [0.25, 0.3) is 5.91 Å². The lowest BCUT2D eigenvalue weighted by atomic mass is 9.97. The minimum absolute atomic E-state index is 0.0848. The largest absolute Gasteiger partial charge is 0.483 e. The Bertz CT molecular complexity index is 1130. The molecular weight excluding hydrogens is 348 g/mol. The van der Waals surface area contributed by atoms with Crippen molar-refractivity contribution in [2.45, 2.75) is 6.92 Å². The van der Waals surface area contributed by atoms with Crippen molar-refractivity contribution in [3.05, 3.63) is 90.0 Å². The number of nitrogens with one attached hydrogen (secondary N) is 1. The fourth-order valence-electron chi connectivity index (χ4n) is 3.25. The van der Waals surface area contributed by atoms with Crippen molar-refractivity contribution in [1.29, 1.82) is 0 Å². The summed E-state index contributed by atoms with van der Waals surface area (Å²) in [5.74, 6) is 0.394. The third kappa shape index (κ3) is 3.71. The number of ether oxygens (including phenoxy) is 1. The number of fused-ring (bicyclic) bond motifs is 2. The van der Waals surface area contributed by atoms with Gasteiger partial charge in [-0.05, 0) is 46.2 Å². The molecule has 0 saturated carbocycles. The van der Waals surface area contributed by atoms with Crippen molar-refractivity contribution in [3.8, 4) is 5.75 Å². The number of benzene rings is 4. The SMILES string of the molecule is Cc1ccccc1OCC(=O)N/N=C\c1c2ccccc2cc2ccccc12. The Balaban J connectivity index is 1.53. The van der Waals surface area contributed by atoms with Crippen LogP contribution in [0.1, 0.15) is 11.1 Å². The molecule has 0 saturated heterocycles. The molecule has 28 heavy (non-hydrogen) atoms.